The number of hydrogen-bond donors (Lipinski definition) is 2. The van der Waals surface area contributed by atoms with E-state index in [9.17, 15) is 23.1 Å². The molecule has 3 aromatic rings. The number of alkyl halides is 3. The van der Waals surface area contributed by atoms with Crippen molar-refractivity contribution in [3.8, 4) is 11.4 Å². The highest BCUT2D eigenvalue weighted by Crippen LogP contribution is 2.30. The van der Waals surface area contributed by atoms with E-state index in [-0.39, 0.29) is 23.5 Å². The molecule has 140 valence electrons. The Morgan fingerprint density at radius 3 is 2.63 bits per heavy atom. The molecule has 0 atom stereocenters. The molecule has 0 fully saturated rings. The molecular weight excluding hydrogens is 359 g/mol. The van der Waals surface area contributed by atoms with Crippen LogP contribution in [-0.4, -0.2) is 20.8 Å². The van der Waals surface area contributed by atoms with Crippen LogP contribution in [0.5, 0.6) is 5.75 Å². The van der Waals surface area contributed by atoms with Crippen molar-refractivity contribution in [3.63, 3.8) is 0 Å². The Morgan fingerprint density at radius 2 is 1.93 bits per heavy atom. The molecule has 3 rings (SSSR count). The van der Waals surface area contributed by atoms with Crippen molar-refractivity contribution in [3.05, 3.63) is 77.1 Å². The molecule has 1 amide bonds. The molecule has 1 aromatic heterocycles. The van der Waals surface area contributed by atoms with Crippen LogP contribution in [-0.2, 0) is 12.7 Å². The Bertz CT molecular complexity index is 980. The van der Waals surface area contributed by atoms with Gasteiger partial charge in [-0.1, -0.05) is 24.3 Å². The smallest absolute Gasteiger partial charge is 0.416 e. The quantitative estimate of drug-likeness (QED) is 0.728. The largest absolute Gasteiger partial charge is 0.508 e. The number of rotatable bonds is 4. The zero-order valence-electron chi connectivity index (χ0n) is 14.3. The Kier molecular flexibility index (Phi) is 4.89. The topological polar surface area (TPSA) is 67.2 Å². The minimum atomic E-state index is -4.46. The number of carbonyl (C=O) groups excluding carboxylic acids is 1. The molecule has 0 aliphatic heterocycles. The van der Waals surface area contributed by atoms with Gasteiger partial charge < -0.3 is 10.4 Å². The summed E-state index contributed by atoms with van der Waals surface area (Å²) in [7, 11) is 0. The molecule has 0 radical (unpaired) electrons. The number of hydrogen-bond acceptors (Lipinski definition) is 3. The van der Waals surface area contributed by atoms with Crippen molar-refractivity contribution < 1.29 is 23.1 Å². The fourth-order valence-corrected chi connectivity index (χ4v) is 2.64. The van der Waals surface area contributed by atoms with E-state index in [4.69, 9.17) is 0 Å². The van der Waals surface area contributed by atoms with Gasteiger partial charge in [-0.2, -0.15) is 18.3 Å². The Morgan fingerprint density at radius 1 is 1.19 bits per heavy atom. The van der Waals surface area contributed by atoms with Gasteiger partial charge in [0.15, 0.2) is 0 Å². The summed E-state index contributed by atoms with van der Waals surface area (Å²) in [4.78, 5) is 12.4. The van der Waals surface area contributed by atoms with E-state index in [1.54, 1.807) is 25.1 Å². The van der Waals surface area contributed by atoms with Crippen LogP contribution in [0.25, 0.3) is 5.69 Å². The van der Waals surface area contributed by atoms with Gasteiger partial charge in [-0.3, -0.25) is 4.79 Å². The number of benzene rings is 2. The van der Waals surface area contributed by atoms with Crippen LogP contribution < -0.4 is 5.32 Å². The van der Waals surface area contributed by atoms with E-state index in [1.165, 1.54) is 29.1 Å². The summed E-state index contributed by atoms with van der Waals surface area (Å²) in [5, 5.41) is 16.4. The lowest BCUT2D eigenvalue weighted by atomic mass is 10.1. The highest BCUT2D eigenvalue weighted by Gasteiger charge is 2.30. The van der Waals surface area contributed by atoms with Crippen molar-refractivity contribution in [2.24, 2.45) is 0 Å². The molecule has 8 heteroatoms. The van der Waals surface area contributed by atoms with Gasteiger partial charge in [-0.25, -0.2) is 4.68 Å². The minimum absolute atomic E-state index is 0.0641. The highest BCUT2D eigenvalue weighted by atomic mass is 19.4. The summed E-state index contributed by atoms with van der Waals surface area (Å²) in [5.74, 6) is -0.372. The normalized spacial score (nSPS) is 11.4. The molecule has 0 saturated carbocycles. The van der Waals surface area contributed by atoms with E-state index in [0.29, 0.717) is 11.3 Å². The van der Waals surface area contributed by atoms with Crippen LogP contribution in [0.2, 0.25) is 0 Å². The fourth-order valence-electron chi connectivity index (χ4n) is 2.64. The van der Waals surface area contributed by atoms with E-state index in [0.717, 1.165) is 12.1 Å². The van der Waals surface area contributed by atoms with Gasteiger partial charge in [0.2, 0.25) is 0 Å². The molecule has 0 saturated heterocycles. The van der Waals surface area contributed by atoms with E-state index in [1.807, 2.05) is 0 Å². The number of nitrogens with zero attached hydrogens (tertiary/aromatic N) is 2. The number of halogens is 3. The summed E-state index contributed by atoms with van der Waals surface area (Å²) < 4.78 is 40.0. The molecule has 0 aliphatic carbocycles. The predicted octanol–water partition coefficient (Wildman–Crippen LogP) is 3.84. The first kappa shape index (κ1) is 18.5. The summed E-state index contributed by atoms with van der Waals surface area (Å²) in [6.07, 6.45) is -3.16. The lowest BCUT2D eigenvalue weighted by Gasteiger charge is -2.10. The van der Waals surface area contributed by atoms with Gasteiger partial charge in [0, 0.05) is 12.1 Å². The van der Waals surface area contributed by atoms with E-state index in [2.05, 4.69) is 10.4 Å². The molecule has 0 aliphatic rings. The molecule has 27 heavy (non-hydrogen) atoms. The van der Waals surface area contributed by atoms with Crippen LogP contribution in [0, 0.1) is 6.92 Å². The van der Waals surface area contributed by atoms with Crippen molar-refractivity contribution in [1.82, 2.24) is 15.1 Å². The number of aromatic hydroxyl groups is 1. The number of amides is 1. The Balaban J connectivity index is 1.81. The number of aromatic nitrogens is 2. The Labute approximate surface area is 153 Å². The SMILES string of the molecule is Cc1c(C(=O)NCc2ccccc2O)cnn1-c1cccc(C(F)(F)F)c1. The summed E-state index contributed by atoms with van der Waals surface area (Å²) >= 11 is 0. The Hall–Kier alpha value is -3.29. The molecule has 5 nitrogen and oxygen atoms in total. The lowest BCUT2D eigenvalue weighted by molar-refractivity contribution is -0.137. The maximum absolute atomic E-state index is 12.9. The highest BCUT2D eigenvalue weighted by molar-refractivity contribution is 5.95. The number of carbonyl (C=O) groups is 1. The van der Waals surface area contributed by atoms with Gasteiger partial charge in [0.25, 0.3) is 5.91 Å². The zero-order valence-corrected chi connectivity index (χ0v) is 14.3. The lowest BCUT2D eigenvalue weighted by Crippen LogP contribution is -2.23. The van der Waals surface area contributed by atoms with Crippen LogP contribution in [0.15, 0.2) is 54.7 Å². The summed E-state index contributed by atoms with van der Waals surface area (Å²) in [5.41, 5.74) is 0.614. The molecule has 2 aromatic carbocycles. The van der Waals surface area contributed by atoms with Crippen molar-refractivity contribution >= 4 is 5.91 Å². The standard InChI is InChI=1S/C19H16F3N3O2/c1-12-16(18(27)23-10-13-5-2-3-8-17(13)26)11-24-25(12)15-7-4-6-14(9-15)19(20,21)22/h2-9,11,26H,10H2,1H3,(H,23,27). The molecule has 0 spiro atoms. The zero-order chi connectivity index (χ0) is 19.6. The third-order valence-electron chi connectivity index (χ3n) is 4.10. The van der Waals surface area contributed by atoms with Gasteiger partial charge in [0.05, 0.1) is 28.7 Å². The van der Waals surface area contributed by atoms with Gasteiger partial charge in [0.1, 0.15) is 5.75 Å². The summed E-state index contributed by atoms with van der Waals surface area (Å²) in [6, 6.07) is 11.3. The third-order valence-corrected chi connectivity index (χ3v) is 4.10. The fraction of sp³-hybridized carbons (Fsp3) is 0.158. The third kappa shape index (κ3) is 3.94. The van der Waals surface area contributed by atoms with Gasteiger partial charge >= 0.3 is 6.18 Å². The predicted molar refractivity (Wildman–Crippen MR) is 92.6 cm³/mol. The number of phenolic OH excluding ortho intramolecular Hbond substituents is 1. The monoisotopic (exact) mass is 375 g/mol. The first-order valence-electron chi connectivity index (χ1n) is 8.04. The van der Waals surface area contributed by atoms with Crippen LogP contribution in [0.1, 0.15) is 27.2 Å². The number of phenols is 1. The maximum Gasteiger partial charge on any atom is 0.416 e. The molecule has 0 unspecified atom stereocenters. The average molecular weight is 375 g/mol. The van der Waals surface area contributed by atoms with Gasteiger partial charge in [-0.05, 0) is 31.2 Å². The number of para-hydroxylation sites is 1. The first-order valence-corrected chi connectivity index (χ1v) is 8.04. The second kappa shape index (κ2) is 7.14. The van der Waals surface area contributed by atoms with E-state index < -0.39 is 17.6 Å². The van der Waals surface area contributed by atoms with Crippen molar-refractivity contribution in [2.45, 2.75) is 19.6 Å². The minimum Gasteiger partial charge on any atom is -0.508 e. The summed E-state index contributed by atoms with van der Waals surface area (Å²) in [6.45, 7) is 1.71. The molecule has 2 N–H and O–H groups in total. The van der Waals surface area contributed by atoms with Crippen molar-refractivity contribution in [2.75, 3.05) is 0 Å². The first-order chi connectivity index (χ1) is 12.8. The maximum atomic E-state index is 12.9. The molecule has 0 bridgehead atoms. The van der Waals surface area contributed by atoms with Crippen molar-refractivity contribution in [1.29, 1.82) is 0 Å². The van der Waals surface area contributed by atoms with Crippen LogP contribution >= 0.6 is 0 Å². The van der Waals surface area contributed by atoms with Crippen LogP contribution in [0.3, 0.4) is 0 Å². The molecular formula is C19H16F3N3O2. The number of nitrogens with one attached hydrogen (secondary N) is 1. The second-order valence-electron chi connectivity index (χ2n) is 5.91. The average Bonchev–Trinajstić information content (AvgIpc) is 3.02. The van der Waals surface area contributed by atoms with Crippen LogP contribution in [0.4, 0.5) is 13.2 Å². The second-order valence-corrected chi connectivity index (χ2v) is 5.91. The van der Waals surface area contributed by atoms with E-state index >= 15 is 0 Å². The molecule has 1 heterocycles. The van der Waals surface area contributed by atoms with Gasteiger partial charge in [-0.15, -0.1) is 0 Å².